The standard InChI is InChI=1S/C21H25ClN6O2/c1-21(2,3)28-19(23-24-25-28)18(15-6-8-16(22)9-7-15)26-10-12-27(13-11-26)20(29)17-5-4-14-30-17/h4-9,14,18H,10-13H2,1-3H3/t18-/m0/s1. The van der Waals surface area contributed by atoms with Crippen LogP contribution in [0.25, 0.3) is 0 Å². The number of carbonyl (C=O) groups excluding carboxylic acids is 1. The first-order valence-corrected chi connectivity index (χ1v) is 10.3. The monoisotopic (exact) mass is 428 g/mol. The number of aromatic nitrogens is 4. The number of carbonyl (C=O) groups is 1. The maximum absolute atomic E-state index is 12.6. The van der Waals surface area contributed by atoms with E-state index in [1.54, 1.807) is 12.1 Å². The molecule has 0 spiro atoms. The molecule has 1 aliphatic rings. The van der Waals surface area contributed by atoms with E-state index < -0.39 is 0 Å². The van der Waals surface area contributed by atoms with Crippen molar-refractivity contribution in [3.05, 3.63) is 64.8 Å². The van der Waals surface area contributed by atoms with Gasteiger partial charge in [0.15, 0.2) is 11.6 Å². The van der Waals surface area contributed by atoms with Crippen molar-refractivity contribution in [1.29, 1.82) is 0 Å². The van der Waals surface area contributed by atoms with Gasteiger partial charge in [-0.3, -0.25) is 9.69 Å². The Labute approximate surface area is 180 Å². The van der Waals surface area contributed by atoms with Gasteiger partial charge < -0.3 is 9.32 Å². The van der Waals surface area contributed by atoms with E-state index >= 15 is 0 Å². The molecule has 0 bridgehead atoms. The lowest BCUT2D eigenvalue weighted by molar-refractivity contribution is 0.0556. The lowest BCUT2D eigenvalue weighted by atomic mass is 10.0. The van der Waals surface area contributed by atoms with E-state index in [0.29, 0.717) is 37.0 Å². The number of furan rings is 1. The summed E-state index contributed by atoms with van der Waals surface area (Å²) in [4.78, 5) is 16.8. The molecule has 4 rings (SSSR count). The zero-order chi connectivity index (χ0) is 21.3. The second-order valence-corrected chi connectivity index (χ2v) is 8.82. The molecular weight excluding hydrogens is 404 g/mol. The lowest BCUT2D eigenvalue weighted by Crippen LogP contribution is -2.50. The fourth-order valence-corrected chi connectivity index (χ4v) is 3.88. The van der Waals surface area contributed by atoms with Gasteiger partial charge in [0.05, 0.1) is 17.8 Å². The summed E-state index contributed by atoms with van der Waals surface area (Å²) in [6.45, 7) is 8.80. The Morgan fingerprint density at radius 2 is 1.80 bits per heavy atom. The third-order valence-corrected chi connectivity index (χ3v) is 5.51. The van der Waals surface area contributed by atoms with Gasteiger partial charge in [0, 0.05) is 31.2 Å². The van der Waals surface area contributed by atoms with Crippen LogP contribution in [0.2, 0.25) is 5.02 Å². The smallest absolute Gasteiger partial charge is 0.289 e. The zero-order valence-electron chi connectivity index (χ0n) is 17.3. The summed E-state index contributed by atoms with van der Waals surface area (Å²) >= 11 is 6.12. The minimum atomic E-state index is -0.263. The SMILES string of the molecule is CC(C)(C)n1nnnc1[C@H](c1ccc(Cl)cc1)N1CCN(C(=O)c2ccco2)CC1. The molecule has 0 radical (unpaired) electrons. The summed E-state index contributed by atoms with van der Waals surface area (Å²) in [5, 5.41) is 13.3. The highest BCUT2D eigenvalue weighted by molar-refractivity contribution is 6.30. The summed E-state index contributed by atoms with van der Waals surface area (Å²) in [5.41, 5.74) is 0.797. The Kier molecular flexibility index (Phi) is 5.62. The molecule has 0 N–H and O–H groups in total. The summed E-state index contributed by atoms with van der Waals surface area (Å²) in [5.74, 6) is 1.06. The summed E-state index contributed by atoms with van der Waals surface area (Å²) in [6.07, 6.45) is 1.52. The van der Waals surface area contributed by atoms with Crippen LogP contribution in [-0.2, 0) is 5.54 Å². The van der Waals surface area contributed by atoms with Crippen LogP contribution in [0.4, 0.5) is 0 Å². The molecule has 3 aromatic rings. The number of hydrogen-bond acceptors (Lipinski definition) is 6. The largest absolute Gasteiger partial charge is 0.459 e. The second kappa shape index (κ2) is 8.20. The fourth-order valence-electron chi connectivity index (χ4n) is 3.75. The van der Waals surface area contributed by atoms with Gasteiger partial charge in [-0.15, -0.1) is 5.10 Å². The van der Waals surface area contributed by atoms with Crippen LogP contribution < -0.4 is 0 Å². The van der Waals surface area contributed by atoms with E-state index in [9.17, 15) is 4.79 Å². The van der Waals surface area contributed by atoms with Crippen LogP contribution >= 0.6 is 11.6 Å². The van der Waals surface area contributed by atoms with Crippen molar-refractivity contribution >= 4 is 17.5 Å². The molecule has 0 saturated carbocycles. The number of benzene rings is 1. The van der Waals surface area contributed by atoms with Gasteiger partial charge in [-0.25, -0.2) is 4.68 Å². The average molecular weight is 429 g/mol. The van der Waals surface area contributed by atoms with Crippen molar-refractivity contribution in [1.82, 2.24) is 30.0 Å². The maximum Gasteiger partial charge on any atom is 0.289 e. The highest BCUT2D eigenvalue weighted by atomic mass is 35.5. The molecule has 1 fully saturated rings. The Morgan fingerprint density at radius 1 is 1.10 bits per heavy atom. The van der Waals surface area contributed by atoms with Crippen LogP contribution in [-0.4, -0.2) is 62.1 Å². The molecule has 158 valence electrons. The molecule has 1 aliphatic heterocycles. The Hall–Kier alpha value is -2.71. The number of rotatable bonds is 4. The first-order valence-electron chi connectivity index (χ1n) is 9.95. The molecule has 1 saturated heterocycles. The Bertz CT molecular complexity index is 985. The van der Waals surface area contributed by atoms with E-state index in [-0.39, 0.29) is 17.5 Å². The van der Waals surface area contributed by atoms with Crippen molar-refractivity contribution in [3.63, 3.8) is 0 Å². The van der Waals surface area contributed by atoms with Gasteiger partial charge in [-0.05, 0) is 61.0 Å². The molecule has 30 heavy (non-hydrogen) atoms. The number of hydrogen-bond donors (Lipinski definition) is 0. The number of amides is 1. The minimum Gasteiger partial charge on any atom is -0.459 e. The number of tetrazole rings is 1. The molecule has 2 aromatic heterocycles. The van der Waals surface area contributed by atoms with Gasteiger partial charge >= 0.3 is 0 Å². The first-order chi connectivity index (χ1) is 14.3. The van der Waals surface area contributed by atoms with Crippen LogP contribution in [0, 0.1) is 0 Å². The van der Waals surface area contributed by atoms with Crippen molar-refractivity contribution < 1.29 is 9.21 Å². The Morgan fingerprint density at radius 3 is 2.40 bits per heavy atom. The van der Waals surface area contributed by atoms with Gasteiger partial charge in [0.25, 0.3) is 5.91 Å². The highest BCUT2D eigenvalue weighted by Gasteiger charge is 2.34. The molecule has 8 nitrogen and oxygen atoms in total. The Balaban J connectivity index is 1.61. The predicted molar refractivity (Wildman–Crippen MR) is 112 cm³/mol. The first kappa shape index (κ1) is 20.6. The van der Waals surface area contributed by atoms with E-state index in [2.05, 4.69) is 41.2 Å². The van der Waals surface area contributed by atoms with E-state index in [1.807, 2.05) is 33.8 Å². The second-order valence-electron chi connectivity index (χ2n) is 8.38. The van der Waals surface area contributed by atoms with Crippen molar-refractivity contribution in [2.24, 2.45) is 0 Å². The minimum absolute atomic E-state index is 0.0813. The third kappa shape index (κ3) is 4.11. The van der Waals surface area contributed by atoms with Gasteiger partial charge in [-0.2, -0.15) is 0 Å². The quantitative estimate of drug-likeness (QED) is 0.634. The van der Waals surface area contributed by atoms with Gasteiger partial charge in [-0.1, -0.05) is 23.7 Å². The molecule has 1 amide bonds. The lowest BCUT2D eigenvalue weighted by Gasteiger charge is -2.39. The number of nitrogens with zero attached hydrogens (tertiary/aromatic N) is 6. The van der Waals surface area contributed by atoms with E-state index in [0.717, 1.165) is 11.4 Å². The summed E-state index contributed by atoms with van der Waals surface area (Å²) in [6, 6.07) is 11.1. The van der Waals surface area contributed by atoms with Crippen molar-refractivity contribution in [2.45, 2.75) is 32.4 Å². The van der Waals surface area contributed by atoms with Crippen LogP contribution in [0.1, 0.15) is 48.8 Å². The maximum atomic E-state index is 12.6. The topological polar surface area (TPSA) is 80.3 Å². The molecule has 1 aromatic carbocycles. The average Bonchev–Trinajstić information content (AvgIpc) is 3.42. The highest BCUT2D eigenvalue weighted by Crippen LogP contribution is 2.31. The molecule has 1 atom stereocenters. The van der Waals surface area contributed by atoms with Gasteiger partial charge in [0.2, 0.25) is 0 Å². The van der Waals surface area contributed by atoms with Crippen LogP contribution in [0.5, 0.6) is 0 Å². The van der Waals surface area contributed by atoms with Gasteiger partial charge in [0.1, 0.15) is 0 Å². The van der Waals surface area contributed by atoms with E-state index in [1.165, 1.54) is 6.26 Å². The summed E-state index contributed by atoms with van der Waals surface area (Å²) in [7, 11) is 0. The molecule has 0 unspecified atom stereocenters. The predicted octanol–water partition coefficient (Wildman–Crippen LogP) is 3.22. The molecule has 3 heterocycles. The van der Waals surface area contributed by atoms with E-state index in [4.69, 9.17) is 16.0 Å². The zero-order valence-corrected chi connectivity index (χ0v) is 18.1. The fraction of sp³-hybridized carbons (Fsp3) is 0.429. The third-order valence-electron chi connectivity index (χ3n) is 5.26. The van der Waals surface area contributed by atoms with Crippen LogP contribution in [0.15, 0.2) is 47.1 Å². The molecule has 9 heteroatoms. The molecule has 0 aliphatic carbocycles. The normalized spacial score (nSPS) is 16.6. The number of halogens is 1. The summed E-state index contributed by atoms with van der Waals surface area (Å²) < 4.78 is 7.14. The molecular formula is C21H25ClN6O2. The van der Waals surface area contributed by atoms with Crippen molar-refractivity contribution in [3.8, 4) is 0 Å². The number of piperazine rings is 1. The van der Waals surface area contributed by atoms with Crippen LogP contribution in [0.3, 0.4) is 0 Å². The van der Waals surface area contributed by atoms with Crippen molar-refractivity contribution in [2.75, 3.05) is 26.2 Å².